The summed E-state index contributed by atoms with van der Waals surface area (Å²) >= 11 is 1.19. The molecule has 5 heteroatoms. The summed E-state index contributed by atoms with van der Waals surface area (Å²) in [6.07, 6.45) is 0.545. The van der Waals surface area contributed by atoms with E-state index in [2.05, 4.69) is 0 Å². The SMILES string of the molecule is CCC(SCC(=O)N(C)CC)C(=O)O. The maximum atomic E-state index is 11.3. The summed E-state index contributed by atoms with van der Waals surface area (Å²) in [4.78, 5) is 23.6. The van der Waals surface area contributed by atoms with Gasteiger partial charge in [0, 0.05) is 13.6 Å². The van der Waals surface area contributed by atoms with Crippen LogP contribution in [0.4, 0.5) is 0 Å². The molecule has 0 rings (SSSR count). The number of aliphatic carboxylic acids is 1. The van der Waals surface area contributed by atoms with Crippen molar-refractivity contribution in [2.24, 2.45) is 0 Å². The summed E-state index contributed by atoms with van der Waals surface area (Å²) in [5.74, 6) is -0.614. The molecule has 0 saturated heterocycles. The van der Waals surface area contributed by atoms with Crippen LogP contribution in [0.25, 0.3) is 0 Å². The van der Waals surface area contributed by atoms with Crippen LogP contribution in [-0.2, 0) is 9.59 Å². The highest BCUT2D eigenvalue weighted by Gasteiger charge is 2.17. The van der Waals surface area contributed by atoms with Crippen molar-refractivity contribution in [1.29, 1.82) is 0 Å². The summed E-state index contributed by atoms with van der Waals surface area (Å²) in [6, 6.07) is 0. The molecule has 0 aromatic rings. The van der Waals surface area contributed by atoms with E-state index < -0.39 is 11.2 Å². The van der Waals surface area contributed by atoms with E-state index in [-0.39, 0.29) is 11.7 Å². The van der Waals surface area contributed by atoms with Gasteiger partial charge in [-0.05, 0) is 13.3 Å². The molecule has 0 radical (unpaired) electrons. The van der Waals surface area contributed by atoms with Gasteiger partial charge in [0.2, 0.25) is 5.91 Å². The van der Waals surface area contributed by atoms with Crippen LogP contribution < -0.4 is 0 Å². The number of thioether (sulfide) groups is 1. The van der Waals surface area contributed by atoms with Crippen LogP contribution in [0.15, 0.2) is 0 Å². The molecule has 82 valence electrons. The second kappa shape index (κ2) is 6.70. The van der Waals surface area contributed by atoms with E-state index >= 15 is 0 Å². The van der Waals surface area contributed by atoms with Crippen molar-refractivity contribution < 1.29 is 14.7 Å². The van der Waals surface area contributed by atoms with Gasteiger partial charge in [-0.15, -0.1) is 11.8 Å². The fourth-order valence-electron chi connectivity index (χ4n) is 0.822. The largest absolute Gasteiger partial charge is 0.480 e. The van der Waals surface area contributed by atoms with E-state index in [4.69, 9.17) is 5.11 Å². The first-order valence-electron chi connectivity index (χ1n) is 4.61. The predicted molar refractivity (Wildman–Crippen MR) is 57.5 cm³/mol. The van der Waals surface area contributed by atoms with Gasteiger partial charge < -0.3 is 10.0 Å². The zero-order valence-electron chi connectivity index (χ0n) is 8.82. The molecule has 0 aliphatic heterocycles. The normalized spacial score (nSPS) is 12.2. The Morgan fingerprint density at radius 3 is 2.36 bits per heavy atom. The predicted octanol–water partition coefficient (Wildman–Crippen LogP) is 1.06. The molecule has 0 aliphatic rings. The third kappa shape index (κ3) is 4.50. The third-order valence-corrected chi connectivity index (χ3v) is 3.31. The Hall–Kier alpha value is -0.710. The Morgan fingerprint density at radius 1 is 1.43 bits per heavy atom. The zero-order valence-corrected chi connectivity index (χ0v) is 9.63. The fourth-order valence-corrected chi connectivity index (χ4v) is 1.76. The lowest BCUT2D eigenvalue weighted by Crippen LogP contribution is -2.29. The monoisotopic (exact) mass is 219 g/mol. The first-order valence-corrected chi connectivity index (χ1v) is 5.66. The molecule has 0 saturated carbocycles. The molecule has 0 aliphatic carbocycles. The van der Waals surface area contributed by atoms with Gasteiger partial charge in [0.25, 0.3) is 0 Å². The first-order chi connectivity index (χ1) is 6.52. The van der Waals surface area contributed by atoms with Gasteiger partial charge in [0.1, 0.15) is 5.25 Å². The van der Waals surface area contributed by atoms with Gasteiger partial charge in [-0.1, -0.05) is 6.92 Å². The number of carbonyl (C=O) groups excluding carboxylic acids is 1. The summed E-state index contributed by atoms with van der Waals surface area (Å²) in [5.41, 5.74) is 0. The van der Waals surface area contributed by atoms with Gasteiger partial charge in [-0.25, -0.2) is 0 Å². The minimum Gasteiger partial charge on any atom is -0.480 e. The van der Waals surface area contributed by atoms with E-state index in [9.17, 15) is 9.59 Å². The lowest BCUT2D eigenvalue weighted by molar-refractivity contribution is -0.136. The van der Waals surface area contributed by atoms with Gasteiger partial charge in [-0.3, -0.25) is 9.59 Å². The first kappa shape index (κ1) is 13.3. The molecule has 0 bridgehead atoms. The van der Waals surface area contributed by atoms with Crippen molar-refractivity contribution in [3.63, 3.8) is 0 Å². The average molecular weight is 219 g/mol. The van der Waals surface area contributed by atoms with Crippen LogP contribution in [0.2, 0.25) is 0 Å². The van der Waals surface area contributed by atoms with Crippen LogP contribution in [0.5, 0.6) is 0 Å². The minimum atomic E-state index is -0.843. The molecule has 0 heterocycles. The van der Waals surface area contributed by atoms with Crippen molar-refractivity contribution in [1.82, 2.24) is 4.90 Å². The van der Waals surface area contributed by atoms with Gasteiger partial charge in [-0.2, -0.15) is 0 Å². The van der Waals surface area contributed by atoms with Crippen LogP contribution in [0.3, 0.4) is 0 Å². The highest BCUT2D eigenvalue weighted by molar-refractivity contribution is 8.01. The number of carboxylic acid groups (broad SMARTS) is 1. The smallest absolute Gasteiger partial charge is 0.316 e. The summed E-state index contributed by atoms with van der Waals surface area (Å²) in [7, 11) is 1.71. The van der Waals surface area contributed by atoms with E-state index in [1.165, 1.54) is 11.8 Å². The number of amides is 1. The Morgan fingerprint density at radius 2 is 2.00 bits per heavy atom. The molecule has 0 aromatic carbocycles. The highest BCUT2D eigenvalue weighted by Crippen LogP contribution is 2.14. The molecule has 4 nitrogen and oxygen atoms in total. The Bertz CT molecular complexity index is 208. The summed E-state index contributed by atoms with van der Waals surface area (Å²) < 4.78 is 0. The summed E-state index contributed by atoms with van der Waals surface area (Å²) in [5, 5.41) is 8.27. The van der Waals surface area contributed by atoms with Crippen molar-refractivity contribution in [2.45, 2.75) is 25.5 Å². The number of nitrogens with zero attached hydrogens (tertiary/aromatic N) is 1. The second-order valence-electron chi connectivity index (χ2n) is 2.95. The average Bonchev–Trinajstić information content (AvgIpc) is 2.16. The number of carbonyl (C=O) groups is 2. The molecule has 1 atom stereocenters. The molecule has 0 fully saturated rings. The molecule has 14 heavy (non-hydrogen) atoms. The Balaban J connectivity index is 3.91. The molecule has 1 amide bonds. The molecule has 0 aromatic heterocycles. The lowest BCUT2D eigenvalue weighted by atomic mass is 10.3. The quantitative estimate of drug-likeness (QED) is 0.725. The van der Waals surface area contributed by atoms with Crippen LogP contribution in [0, 0.1) is 0 Å². The minimum absolute atomic E-state index is 0.0165. The number of rotatable bonds is 6. The van der Waals surface area contributed by atoms with Crippen molar-refractivity contribution in [3.8, 4) is 0 Å². The number of hydrogen-bond acceptors (Lipinski definition) is 3. The molecule has 1 unspecified atom stereocenters. The van der Waals surface area contributed by atoms with Gasteiger partial charge in [0.05, 0.1) is 5.75 Å². The van der Waals surface area contributed by atoms with E-state index in [0.717, 1.165) is 0 Å². The Labute approximate surface area is 88.7 Å². The van der Waals surface area contributed by atoms with Gasteiger partial charge >= 0.3 is 5.97 Å². The maximum absolute atomic E-state index is 11.3. The number of carboxylic acids is 1. The highest BCUT2D eigenvalue weighted by atomic mass is 32.2. The van der Waals surface area contributed by atoms with Crippen LogP contribution in [-0.4, -0.2) is 46.5 Å². The molecule has 1 N–H and O–H groups in total. The van der Waals surface area contributed by atoms with Crippen LogP contribution >= 0.6 is 11.8 Å². The van der Waals surface area contributed by atoms with Crippen molar-refractivity contribution >= 4 is 23.6 Å². The maximum Gasteiger partial charge on any atom is 0.316 e. The number of hydrogen-bond donors (Lipinski definition) is 1. The molecule has 0 spiro atoms. The zero-order chi connectivity index (χ0) is 11.1. The fraction of sp³-hybridized carbons (Fsp3) is 0.778. The summed E-state index contributed by atoms with van der Waals surface area (Å²) in [6.45, 7) is 4.35. The third-order valence-electron chi connectivity index (χ3n) is 1.95. The lowest BCUT2D eigenvalue weighted by Gasteiger charge is -2.15. The topological polar surface area (TPSA) is 57.6 Å². The molecular formula is C9H17NO3S. The standard InChI is InChI=1S/C9H17NO3S/c1-4-7(9(12)13)14-6-8(11)10(3)5-2/h7H,4-6H2,1-3H3,(H,12,13). The van der Waals surface area contributed by atoms with Crippen molar-refractivity contribution in [3.05, 3.63) is 0 Å². The second-order valence-corrected chi connectivity index (χ2v) is 4.15. The molecular weight excluding hydrogens is 202 g/mol. The van der Waals surface area contributed by atoms with Crippen LogP contribution in [0.1, 0.15) is 20.3 Å². The van der Waals surface area contributed by atoms with Gasteiger partial charge in [0.15, 0.2) is 0 Å². The van der Waals surface area contributed by atoms with Crippen molar-refractivity contribution in [2.75, 3.05) is 19.3 Å². The van der Waals surface area contributed by atoms with E-state index in [1.54, 1.807) is 18.9 Å². The van der Waals surface area contributed by atoms with E-state index in [1.807, 2.05) is 6.92 Å². The van der Waals surface area contributed by atoms with E-state index in [0.29, 0.717) is 13.0 Å². The Kier molecular flexibility index (Phi) is 6.36.